The lowest BCUT2D eigenvalue weighted by molar-refractivity contribution is -0.152. The van der Waals surface area contributed by atoms with Crippen molar-refractivity contribution in [2.24, 2.45) is 5.92 Å². The predicted molar refractivity (Wildman–Crippen MR) is 74.4 cm³/mol. The predicted octanol–water partition coefficient (Wildman–Crippen LogP) is 2.22. The molecule has 1 amide bonds. The second-order valence-electron chi connectivity index (χ2n) is 6.04. The largest absolute Gasteiger partial charge is 0.480 e. The molecule has 2 N–H and O–H groups in total. The monoisotopic (exact) mass is 273 g/mol. The van der Waals surface area contributed by atoms with Crippen LogP contribution in [0.15, 0.2) is 24.3 Å². The van der Waals surface area contributed by atoms with Gasteiger partial charge in [0.1, 0.15) is 5.54 Å². The molecule has 4 nitrogen and oxygen atoms in total. The van der Waals surface area contributed by atoms with Crippen LogP contribution in [0.5, 0.6) is 0 Å². The standard InChI is InChI=1S/C16H19NO3/c1-10-5-2-3-6-11(10)12-9-13(12)14(18)17-16(15(19)20)7-4-8-16/h2-3,5-6,12-13H,4,7-9H2,1H3,(H,17,18)(H,19,20)/t12-,13+/m1/s1. The van der Waals surface area contributed by atoms with Crippen LogP contribution in [0.25, 0.3) is 0 Å². The molecule has 0 saturated heterocycles. The average molecular weight is 273 g/mol. The van der Waals surface area contributed by atoms with Gasteiger partial charge in [0.25, 0.3) is 0 Å². The number of carboxylic acid groups (broad SMARTS) is 1. The molecule has 2 saturated carbocycles. The van der Waals surface area contributed by atoms with Gasteiger partial charge in [-0.15, -0.1) is 0 Å². The molecule has 1 aromatic carbocycles. The first-order valence-corrected chi connectivity index (χ1v) is 7.14. The van der Waals surface area contributed by atoms with E-state index >= 15 is 0 Å². The van der Waals surface area contributed by atoms with E-state index in [0.717, 1.165) is 12.8 Å². The van der Waals surface area contributed by atoms with E-state index in [0.29, 0.717) is 12.8 Å². The second kappa shape index (κ2) is 4.62. The van der Waals surface area contributed by atoms with Gasteiger partial charge in [0.2, 0.25) is 5.91 Å². The molecule has 2 atom stereocenters. The maximum absolute atomic E-state index is 12.2. The number of carboxylic acids is 1. The summed E-state index contributed by atoms with van der Waals surface area (Å²) in [5, 5.41) is 12.0. The number of amides is 1. The zero-order valence-corrected chi connectivity index (χ0v) is 11.6. The fourth-order valence-electron chi connectivity index (χ4n) is 3.08. The lowest BCUT2D eigenvalue weighted by atomic mass is 9.76. The fraction of sp³-hybridized carbons (Fsp3) is 0.500. The third kappa shape index (κ3) is 2.09. The number of carbonyl (C=O) groups excluding carboxylic acids is 1. The Morgan fingerprint density at radius 3 is 2.55 bits per heavy atom. The molecule has 0 heterocycles. The van der Waals surface area contributed by atoms with Crippen LogP contribution in [0.3, 0.4) is 0 Å². The Morgan fingerprint density at radius 1 is 1.30 bits per heavy atom. The van der Waals surface area contributed by atoms with Crippen molar-refractivity contribution < 1.29 is 14.7 Å². The minimum absolute atomic E-state index is 0.0621. The van der Waals surface area contributed by atoms with E-state index in [4.69, 9.17) is 0 Å². The zero-order chi connectivity index (χ0) is 14.3. The van der Waals surface area contributed by atoms with E-state index in [1.165, 1.54) is 11.1 Å². The first-order valence-electron chi connectivity index (χ1n) is 7.14. The molecule has 0 aliphatic heterocycles. The summed E-state index contributed by atoms with van der Waals surface area (Å²) in [6.07, 6.45) is 2.80. The Balaban J connectivity index is 1.66. The summed E-state index contributed by atoms with van der Waals surface area (Å²) in [6, 6.07) is 8.08. The van der Waals surface area contributed by atoms with Crippen molar-refractivity contribution in [3.8, 4) is 0 Å². The van der Waals surface area contributed by atoms with Crippen molar-refractivity contribution in [3.63, 3.8) is 0 Å². The number of carbonyl (C=O) groups is 2. The van der Waals surface area contributed by atoms with Crippen LogP contribution < -0.4 is 5.32 Å². The first-order chi connectivity index (χ1) is 9.53. The smallest absolute Gasteiger partial charge is 0.329 e. The van der Waals surface area contributed by atoms with Crippen LogP contribution in [0.2, 0.25) is 0 Å². The highest BCUT2D eigenvalue weighted by molar-refractivity contribution is 5.90. The molecule has 0 bridgehead atoms. The van der Waals surface area contributed by atoms with Crippen LogP contribution in [0.4, 0.5) is 0 Å². The van der Waals surface area contributed by atoms with Gasteiger partial charge < -0.3 is 10.4 Å². The van der Waals surface area contributed by atoms with Crippen LogP contribution >= 0.6 is 0 Å². The summed E-state index contributed by atoms with van der Waals surface area (Å²) in [5.41, 5.74) is 1.42. The highest BCUT2D eigenvalue weighted by Gasteiger charge is 2.51. The van der Waals surface area contributed by atoms with E-state index in [-0.39, 0.29) is 17.7 Å². The lowest BCUT2D eigenvalue weighted by Crippen LogP contribution is -2.59. The number of nitrogens with one attached hydrogen (secondary N) is 1. The van der Waals surface area contributed by atoms with Crippen molar-refractivity contribution in [3.05, 3.63) is 35.4 Å². The molecule has 1 aromatic rings. The van der Waals surface area contributed by atoms with Gasteiger partial charge in [-0.1, -0.05) is 24.3 Å². The van der Waals surface area contributed by atoms with E-state index < -0.39 is 11.5 Å². The van der Waals surface area contributed by atoms with Gasteiger partial charge in [-0.3, -0.25) is 4.79 Å². The van der Waals surface area contributed by atoms with Gasteiger partial charge in [-0.2, -0.15) is 0 Å². The highest BCUT2D eigenvalue weighted by atomic mass is 16.4. The number of hydrogen-bond acceptors (Lipinski definition) is 2. The topological polar surface area (TPSA) is 66.4 Å². The third-order valence-corrected chi connectivity index (χ3v) is 4.69. The molecule has 3 rings (SSSR count). The van der Waals surface area contributed by atoms with Crippen LogP contribution in [-0.2, 0) is 9.59 Å². The molecule has 2 aliphatic rings. The minimum Gasteiger partial charge on any atom is -0.480 e. The van der Waals surface area contributed by atoms with Crippen LogP contribution in [0.1, 0.15) is 42.7 Å². The molecular formula is C16H19NO3. The number of aliphatic carboxylic acids is 1. The molecule has 20 heavy (non-hydrogen) atoms. The third-order valence-electron chi connectivity index (χ3n) is 4.69. The molecule has 4 heteroatoms. The molecule has 0 unspecified atom stereocenters. The van der Waals surface area contributed by atoms with Crippen LogP contribution in [-0.4, -0.2) is 22.5 Å². The van der Waals surface area contributed by atoms with E-state index in [2.05, 4.69) is 11.4 Å². The number of rotatable bonds is 4. The summed E-state index contributed by atoms with van der Waals surface area (Å²) in [4.78, 5) is 23.5. The van der Waals surface area contributed by atoms with E-state index in [9.17, 15) is 14.7 Å². The Kier molecular flexibility index (Phi) is 3.04. The molecule has 2 aliphatic carbocycles. The molecule has 0 aromatic heterocycles. The van der Waals surface area contributed by atoms with Crippen molar-refractivity contribution in [1.29, 1.82) is 0 Å². The number of hydrogen-bond donors (Lipinski definition) is 2. The van der Waals surface area contributed by atoms with Gasteiger partial charge in [0, 0.05) is 5.92 Å². The van der Waals surface area contributed by atoms with Crippen molar-refractivity contribution in [2.75, 3.05) is 0 Å². The SMILES string of the molecule is Cc1ccccc1[C@H]1C[C@@H]1C(=O)NC1(C(=O)O)CCC1. The van der Waals surface area contributed by atoms with Gasteiger partial charge >= 0.3 is 5.97 Å². The average Bonchev–Trinajstić information content (AvgIpc) is 3.13. The molecule has 2 fully saturated rings. The van der Waals surface area contributed by atoms with Gasteiger partial charge in [-0.25, -0.2) is 4.79 Å². The quantitative estimate of drug-likeness (QED) is 0.884. The number of aryl methyl sites for hydroxylation is 1. The first kappa shape index (κ1) is 13.2. The normalized spacial score (nSPS) is 26.4. The van der Waals surface area contributed by atoms with Gasteiger partial charge in [0.15, 0.2) is 0 Å². The molecule has 106 valence electrons. The summed E-state index contributed by atoms with van der Waals surface area (Å²) < 4.78 is 0. The lowest BCUT2D eigenvalue weighted by Gasteiger charge is -2.38. The van der Waals surface area contributed by atoms with Crippen molar-refractivity contribution in [1.82, 2.24) is 5.32 Å². The van der Waals surface area contributed by atoms with E-state index in [1.54, 1.807) is 0 Å². The number of benzene rings is 1. The molecule has 0 radical (unpaired) electrons. The Hall–Kier alpha value is -1.84. The second-order valence-corrected chi connectivity index (χ2v) is 6.04. The fourth-order valence-corrected chi connectivity index (χ4v) is 3.08. The maximum Gasteiger partial charge on any atom is 0.329 e. The Morgan fingerprint density at radius 2 is 2.00 bits per heavy atom. The summed E-state index contributed by atoms with van der Waals surface area (Å²) in [6.45, 7) is 2.05. The highest BCUT2D eigenvalue weighted by Crippen LogP contribution is 2.49. The van der Waals surface area contributed by atoms with Crippen LogP contribution in [0, 0.1) is 12.8 Å². The van der Waals surface area contributed by atoms with Gasteiger partial charge in [0.05, 0.1) is 0 Å². The van der Waals surface area contributed by atoms with Crippen molar-refractivity contribution >= 4 is 11.9 Å². The zero-order valence-electron chi connectivity index (χ0n) is 11.6. The van der Waals surface area contributed by atoms with Crippen molar-refractivity contribution in [2.45, 2.75) is 44.1 Å². The summed E-state index contributed by atoms with van der Waals surface area (Å²) in [5.74, 6) is -0.805. The van der Waals surface area contributed by atoms with E-state index in [1.807, 2.05) is 25.1 Å². The minimum atomic E-state index is -0.990. The Labute approximate surface area is 118 Å². The Bertz CT molecular complexity index is 563. The summed E-state index contributed by atoms with van der Waals surface area (Å²) in [7, 11) is 0. The summed E-state index contributed by atoms with van der Waals surface area (Å²) >= 11 is 0. The maximum atomic E-state index is 12.2. The molecular weight excluding hydrogens is 254 g/mol. The molecule has 0 spiro atoms. The van der Waals surface area contributed by atoms with Gasteiger partial charge in [-0.05, 0) is 49.7 Å².